The summed E-state index contributed by atoms with van der Waals surface area (Å²) in [5.41, 5.74) is -1.36. The number of nitrogens with zero attached hydrogens (tertiary/aromatic N) is 2. The van der Waals surface area contributed by atoms with Crippen molar-refractivity contribution >= 4 is 6.09 Å². The van der Waals surface area contributed by atoms with Crippen LogP contribution in [-0.2, 0) is 10.9 Å². The van der Waals surface area contributed by atoms with Gasteiger partial charge in [0.15, 0.2) is 0 Å². The third-order valence-corrected chi connectivity index (χ3v) is 3.44. The normalized spacial score (nSPS) is 16.8. The fourth-order valence-electron chi connectivity index (χ4n) is 2.30. The molecule has 134 valence electrons. The monoisotopic (exact) mass is 346 g/mol. The molecule has 0 saturated carbocycles. The summed E-state index contributed by atoms with van der Waals surface area (Å²) in [6, 6.07) is 1.79. The minimum absolute atomic E-state index is 0.0551. The van der Waals surface area contributed by atoms with Crippen molar-refractivity contribution in [2.24, 2.45) is 0 Å². The molecule has 8 heteroatoms. The maximum atomic E-state index is 12.7. The van der Waals surface area contributed by atoms with Crippen molar-refractivity contribution in [1.29, 1.82) is 0 Å². The second-order valence-electron chi connectivity index (χ2n) is 6.67. The molecule has 24 heavy (non-hydrogen) atoms. The molecule has 0 aliphatic carbocycles. The predicted molar refractivity (Wildman–Crippen MR) is 80.7 cm³/mol. The summed E-state index contributed by atoms with van der Waals surface area (Å²) in [7, 11) is 0. The number of ether oxygens (including phenoxy) is 2. The molecule has 0 radical (unpaired) electrons. The average Bonchev–Trinajstić information content (AvgIpc) is 2.45. The zero-order chi connectivity index (χ0) is 18.0. The van der Waals surface area contributed by atoms with E-state index in [9.17, 15) is 18.0 Å². The van der Waals surface area contributed by atoms with E-state index in [4.69, 9.17) is 9.47 Å². The summed E-state index contributed by atoms with van der Waals surface area (Å²) >= 11 is 0. The number of likely N-dealkylation sites (tertiary alicyclic amines) is 1. The van der Waals surface area contributed by atoms with E-state index in [1.54, 1.807) is 25.7 Å². The first-order chi connectivity index (χ1) is 11.0. The van der Waals surface area contributed by atoms with Gasteiger partial charge < -0.3 is 14.4 Å². The van der Waals surface area contributed by atoms with E-state index in [2.05, 4.69) is 4.98 Å². The number of piperidine rings is 1. The highest BCUT2D eigenvalue weighted by molar-refractivity contribution is 5.68. The van der Waals surface area contributed by atoms with E-state index >= 15 is 0 Å². The van der Waals surface area contributed by atoms with Crippen LogP contribution in [0, 0.1) is 0 Å². The molecule has 2 rings (SSSR count). The van der Waals surface area contributed by atoms with Crippen molar-refractivity contribution in [2.45, 2.75) is 51.5 Å². The van der Waals surface area contributed by atoms with Crippen LogP contribution in [0.3, 0.4) is 0 Å². The molecule has 1 aliphatic heterocycles. The van der Waals surface area contributed by atoms with Crippen molar-refractivity contribution in [2.75, 3.05) is 13.1 Å². The van der Waals surface area contributed by atoms with Crippen LogP contribution in [0.5, 0.6) is 5.88 Å². The molecule has 0 bridgehead atoms. The molecular formula is C16H21F3N2O3. The van der Waals surface area contributed by atoms with E-state index < -0.39 is 23.4 Å². The highest BCUT2D eigenvalue weighted by Gasteiger charge is 2.32. The van der Waals surface area contributed by atoms with Crippen LogP contribution in [0.2, 0.25) is 0 Å². The number of carbonyl (C=O) groups is 1. The first kappa shape index (κ1) is 18.4. The van der Waals surface area contributed by atoms with Gasteiger partial charge in [-0.05, 0) is 26.8 Å². The summed E-state index contributed by atoms with van der Waals surface area (Å²) in [5, 5.41) is 0. The van der Waals surface area contributed by atoms with Crippen LogP contribution in [0.1, 0.15) is 39.2 Å². The third kappa shape index (κ3) is 5.28. The third-order valence-electron chi connectivity index (χ3n) is 3.44. The second kappa shape index (κ2) is 6.86. The molecule has 1 saturated heterocycles. The van der Waals surface area contributed by atoms with Gasteiger partial charge in [0.2, 0.25) is 5.88 Å². The molecule has 1 fully saturated rings. The minimum Gasteiger partial charge on any atom is -0.474 e. The van der Waals surface area contributed by atoms with E-state index in [-0.39, 0.29) is 12.0 Å². The topological polar surface area (TPSA) is 51.7 Å². The Kier molecular flexibility index (Phi) is 5.25. The molecule has 0 N–H and O–H groups in total. The van der Waals surface area contributed by atoms with Crippen LogP contribution in [-0.4, -0.2) is 40.8 Å². The van der Waals surface area contributed by atoms with E-state index in [0.717, 1.165) is 18.3 Å². The Labute approximate surface area is 138 Å². The number of alkyl halides is 3. The maximum absolute atomic E-state index is 12.7. The molecule has 0 atom stereocenters. The lowest BCUT2D eigenvalue weighted by Gasteiger charge is -2.33. The first-order valence-corrected chi connectivity index (χ1v) is 7.72. The van der Waals surface area contributed by atoms with Crippen molar-refractivity contribution in [3.05, 3.63) is 23.9 Å². The Balaban J connectivity index is 1.88. The number of rotatable bonds is 2. The van der Waals surface area contributed by atoms with Crippen molar-refractivity contribution in [3.8, 4) is 5.88 Å². The van der Waals surface area contributed by atoms with Crippen molar-refractivity contribution in [3.63, 3.8) is 0 Å². The minimum atomic E-state index is -4.43. The van der Waals surface area contributed by atoms with Crippen LogP contribution in [0.15, 0.2) is 18.3 Å². The number of pyridine rings is 1. The molecule has 1 aromatic heterocycles. The zero-order valence-corrected chi connectivity index (χ0v) is 13.9. The lowest BCUT2D eigenvalue weighted by Crippen LogP contribution is -2.44. The molecule has 5 nitrogen and oxygen atoms in total. The van der Waals surface area contributed by atoms with Gasteiger partial charge in [0.25, 0.3) is 0 Å². The predicted octanol–water partition coefficient (Wildman–Crippen LogP) is 3.88. The maximum Gasteiger partial charge on any atom is 0.416 e. The Hall–Kier alpha value is -1.99. The molecule has 0 unspecified atom stereocenters. The van der Waals surface area contributed by atoms with Gasteiger partial charge in [0.1, 0.15) is 11.7 Å². The first-order valence-electron chi connectivity index (χ1n) is 7.72. The lowest BCUT2D eigenvalue weighted by molar-refractivity contribution is -0.137. The van der Waals surface area contributed by atoms with Crippen LogP contribution < -0.4 is 4.74 Å². The largest absolute Gasteiger partial charge is 0.474 e. The summed E-state index contributed by atoms with van der Waals surface area (Å²) < 4.78 is 48.9. The molecule has 0 spiro atoms. The summed E-state index contributed by atoms with van der Waals surface area (Å²) in [4.78, 5) is 17.4. The number of halogens is 3. The summed E-state index contributed by atoms with van der Waals surface area (Å²) in [6.45, 7) is 6.23. The van der Waals surface area contributed by atoms with Crippen LogP contribution in [0.4, 0.5) is 18.0 Å². The standard InChI is InChI=1S/C16H21F3N2O3/c1-15(2,3)24-14(22)21-8-5-12(6-9-21)23-13-10-11(4-7-20-13)16(17,18)19/h4,7,10,12H,5-6,8-9H2,1-3H3. The van der Waals surface area contributed by atoms with Gasteiger partial charge >= 0.3 is 12.3 Å². The zero-order valence-electron chi connectivity index (χ0n) is 13.9. The Bertz CT molecular complexity index is 577. The number of carbonyl (C=O) groups excluding carboxylic acids is 1. The number of aromatic nitrogens is 1. The number of amides is 1. The smallest absolute Gasteiger partial charge is 0.416 e. The Morgan fingerprint density at radius 1 is 1.25 bits per heavy atom. The Morgan fingerprint density at radius 3 is 2.42 bits per heavy atom. The van der Waals surface area contributed by atoms with E-state index in [1.807, 2.05) is 0 Å². The lowest BCUT2D eigenvalue weighted by atomic mass is 10.1. The van der Waals surface area contributed by atoms with Crippen molar-refractivity contribution in [1.82, 2.24) is 9.88 Å². The van der Waals surface area contributed by atoms with Gasteiger partial charge in [-0.3, -0.25) is 0 Å². The van der Waals surface area contributed by atoms with Gasteiger partial charge in [0.05, 0.1) is 5.56 Å². The molecule has 0 aromatic carbocycles. The number of hydrogen-bond donors (Lipinski definition) is 0. The van der Waals surface area contributed by atoms with Gasteiger partial charge in [-0.1, -0.05) is 0 Å². The Morgan fingerprint density at radius 2 is 1.88 bits per heavy atom. The van der Waals surface area contributed by atoms with Gasteiger partial charge in [0, 0.05) is 38.2 Å². The fraction of sp³-hybridized carbons (Fsp3) is 0.625. The molecular weight excluding hydrogens is 325 g/mol. The highest BCUT2D eigenvalue weighted by Crippen LogP contribution is 2.31. The fourth-order valence-corrected chi connectivity index (χ4v) is 2.30. The molecule has 1 amide bonds. The van der Waals surface area contributed by atoms with Crippen LogP contribution in [0.25, 0.3) is 0 Å². The van der Waals surface area contributed by atoms with Gasteiger partial charge in [-0.25, -0.2) is 9.78 Å². The molecule has 1 aliphatic rings. The SMILES string of the molecule is CC(C)(C)OC(=O)N1CCC(Oc2cc(C(F)(F)F)ccn2)CC1. The van der Waals surface area contributed by atoms with Gasteiger partial charge in [-0.2, -0.15) is 13.2 Å². The highest BCUT2D eigenvalue weighted by atomic mass is 19.4. The van der Waals surface area contributed by atoms with E-state index in [0.29, 0.717) is 25.9 Å². The van der Waals surface area contributed by atoms with Crippen molar-refractivity contribution < 1.29 is 27.4 Å². The number of hydrogen-bond acceptors (Lipinski definition) is 4. The van der Waals surface area contributed by atoms with Crippen LogP contribution >= 0.6 is 0 Å². The summed E-state index contributed by atoms with van der Waals surface area (Å²) in [5.74, 6) is -0.0551. The average molecular weight is 346 g/mol. The summed E-state index contributed by atoms with van der Waals surface area (Å²) in [6.07, 6.45) is -3.00. The quantitative estimate of drug-likeness (QED) is 0.815. The van der Waals surface area contributed by atoms with Gasteiger partial charge in [-0.15, -0.1) is 0 Å². The van der Waals surface area contributed by atoms with E-state index in [1.165, 1.54) is 0 Å². The second-order valence-corrected chi connectivity index (χ2v) is 6.67. The molecule has 2 heterocycles. The molecule has 1 aromatic rings.